The van der Waals surface area contributed by atoms with Gasteiger partial charge in [-0.2, -0.15) is 0 Å². The topological polar surface area (TPSA) is 51.2 Å². The molecule has 1 aliphatic carbocycles. The largest absolute Gasteiger partial charge is 0.549 e. The molecule has 4 nitrogen and oxygen atoms in total. The fourth-order valence-electron chi connectivity index (χ4n) is 3.97. The van der Waals surface area contributed by atoms with Crippen LogP contribution in [0.1, 0.15) is 68.7 Å². The lowest BCUT2D eigenvalue weighted by Gasteiger charge is -2.45. The first-order chi connectivity index (χ1) is 13.2. The van der Waals surface area contributed by atoms with E-state index in [9.17, 15) is 5.11 Å². The summed E-state index contributed by atoms with van der Waals surface area (Å²) in [6.45, 7) is 29.7. The van der Waals surface area contributed by atoms with E-state index in [1.165, 1.54) is 5.57 Å². The van der Waals surface area contributed by atoms with Crippen molar-refractivity contribution < 1.29 is 18.7 Å². The molecule has 0 aromatic carbocycles. The Hall–Kier alpha value is -0.146. The molecule has 0 radical (unpaired) electrons. The van der Waals surface area contributed by atoms with Crippen LogP contribution in [0.2, 0.25) is 36.3 Å². The summed E-state index contributed by atoms with van der Waals surface area (Å²) in [7, 11) is -3.85. The second kappa shape index (κ2) is 7.72. The van der Waals surface area contributed by atoms with Gasteiger partial charge < -0.3 is 18.7 Å². The lowest BCUT2D eigenvalue weighted by molar-refractivity contribution is -0.0438. The Bertz CT molecular complexity index is 670. The van der Waals surface area contributed by atoms with Gasteiger partial charge in [0.2, 0.25) is 8.32 Å². The summed E-state index contributed by atoms with van der Waals surface area (Å²) < 4.78 is 19.2. The number of aliphatic hydroxyl groups excluding tert-OH is 1. The van der Waals surface area contributed by atoms with Crippen LogP contribution in [-0.4, -0.2) is 46.2 Å². The third-order valence-corrected chi connectivity index (χ3v) is 17.5. The maximum Gasteiger partial charge on any atom is 0.249 e. The van der Waals surface area contributed by atoms with Gasteiger partial charge in [-0.1, -0.05) is 55.4 Å². The van der Waals surface area contributed by atoms with Crippen molar-refractivity contribution in [2.75, 3.05) is 6.61 Å². The molecule has 1 saturated carbocycles. The van der Waals surface area contributed by atoms with Gasteiger partial charge in [0.15, 0.2) is 8.32 Å². The zero-order valence-corrected chi connectivity index (χ0v) is 23.9. The molecule has 0 aromatic rings. The second-order valence-corrected chi connectivity index (χ2v) is 23.0. The smallest absolute Gasteiger partial charge is 0.249 e. The van der Waals surface area contributed by atoms with Gasteiger partial charge in [-0.25, -0.2) is 0 Å². The lowest BCUT2D eigenvalue weighted by Crippen LogP contribution is -2.51. The van der Waals surface area contributed by atoms with Gasteiger partial charge in [0.05, 0.1) is 25.1 Å². The van der Waals surface area contributed by atoms with Gasteiger partial charge in [-0.15, -0.1) is 0 Å². The van der Waals surface area contributed by atoms with Crippen LogP contribution in [-0.2, 0) is 13.6 Å². The molecule has 1 saturated heterocycles. The van der Waals surface area contributed by atoms with E-state index in [4.69, 9.17) is 13.6 Å². The van der Waals surface area contributed by atoms with Crippen LogP contribution in [0.4, 0.5) is 0 Å². The minimum Gasteiger partial charge on any atom is -0.549 e. The number of ether oxygens (including phenoxy) is 1. The number of rotatable bonds is 6. The van der Waals surface area contributed by atoms with Crippen molar-refractivity contribution in [1.29, 1.82) is 0 Å². The molecule has 1 heterocycles. The first-order valence-electron chi connectivity index (χ1n) is 11.5. The monoisotopic (exact) mass is 456 g/mol. The van der Waals surface area contributed by atoms with E-state index in [0.29, 0.717) is 6.61 Å². The Morgan fingerprint density at radius 2 is 1.50 bits per heavy atom. The van der Waals surface area contributed by atoms with Gasteiger partial charge in [-0.05, 0) is 61.1 Å². The summed E-state index contributed by atoms with van der Waals surface area (Å²) in [5, 5.41) is 11.4. The van der Waals surface area contributed by atoms with E-state index in [1.54, 1.807) is 0 Å². The predicted octanol–water partition coefficient (Wildman–Crippen LogP) is 6.48. The number of epoxide rings is 1. The highest BCUT2D eigenvalue weighted by Gasteiger charge is 2.67. The van der Waals surface area contributed by atoms with Crippen LogP contribution in [0.5, 0.6) is 0 Å². The average Bonchev–Trinajstić information content (AvgIpc) is 3.21. The Kier molecular flexibility index (Phi) is 6.72. The van der Waals surface area contributed by atoms with Crippen molar-refractivity contribution in [2.24, 2.45) is 11.3 Å². The Morgan fingerprint density at radius 1 is 1.00 bits per heavy atom. The molecule has 1 unspecified atom stereocenters. The summed E-state index contributed by atoms with van der Waals surface area (Å²) in [5.74, 6) is 0.169. The molecule has 0 bridgehead atoms. The standard InChI is InChI=1S/C24H48O4Si2/c1-21(2,3)29(10,11)26-15-17(16-27-30(12,13)22(4,5)6)18-14-19-24(9,28-19)20(25)23(18,7)8/h15,18-20,25H,14,16H2,1-13H3/b17-15+/t18-,19-,20?,24-/m0/s1. The normalized spacial score (nSPS) is 32.6. The van der Waals surface area contributed by atoms with Crippen LogP contribution < -0.4 is 0 Å². The Labute approximate surface area is 188 Å². The molecule has 176 valence electrons. The van der Waals surface area contributed by atoms with Crippen LogP contribution >= 0.6 is 0 Å². The first-order valence-corrected chi connectivity index (χ1v) is 17.3. The summed E-state index contributed by atoms with van der Waals surface area (Å²) in [5.41, 5.74) is 0.471. The lowest BCUT2D eigenvalue weighted by atomic mass is 9.61. The minimum absolute atomic E-state index is 0.120. The fourth-order valence-corrected chi connectivity index (χ4v) is 5.73. The van der Waals surface area contributed by atoms with Crippen molar-refractivity contribution in [1.82, 2.24) is 0 Å². The van der Waals surface area contributed by atoms with Gasteiger partial charge >= 0.3 is 0 Å². The maximum absolute atomic E-state index is 11.1. The van der Waals surface area contributed by atoms with Gasteiger partial charge in [0.1, 0.15) is 5.60 Å². The maximum atomic E-state index is 11.1. The summed E-state index contributed by atoms with van der Waals surface area (Å²) >= 11 is 0. The molecule has 1 aliphatic heterocycles. The minimum atomic E-state index is -1.94. The Morgan fingerprint density at radius 3 is 1.97 bits per heavy atom. The molecule has 2 rings (SSSR count). The molecular formula is C24H48O4Si2. The molecule has 0 aromatic heterocycles. The molecule has 6 heteroatoms. The summed E-state index contributed by atoms with van der Waals surface area (Å²) in [6.07, 6.45) is 2.54. The fraction of sp³-hybridized carbons (Fsp3) is 0.917. The third kappa shape index (κ3) is 4.78. The zero-order chi connectivity index (χ0) is 23.6. The highest BCUT2D eigenvalue weighted by atomic mass is 28.4. The van der Waals surface area contributed by atoms with E-state index in [-0.39, 0.29) is 27.5 Å². The van der Waals surface area contributed by atoms with E-state index < -0.39 is 28.3 Å². The molecule has 2 aliphatic rings. The molecule has 1 N–H and O–H groups in total. The molecular weight excluding hydrogens is 408 g/mol. The van der Waals surface area contributed by atoms with Gasteiger partial charge in [-0.3, -0.25) is 0 Å². The quantitative estimate of drug-likeness (QED) is 0.282. The van der Waals surface area contributed by atoms with Crippen molar-refractivity contribution in [2.45, 2.75) is 123 Å². The van der Waals surface area contributed by atoms with Crippen molar-refractivity contribution in [3.8, 4) is 0 Å². The molecule has 0 amide bonds. The predicted molar refractivity (Wildman–Crippen MR) is 131 cm³/mol. The highest BCUT2D eigenvalue weighted by molar-refractivity contribution is 6.74. The zero-order valence-electron chi connectivity index (χ0n) is 21.9. The average molecular weight is 457 g/mol. The molecule has 0 spiro atoms. The van der Waals surface area contributed by atoms with Crippen molar-refractivity contribution in [3.05, 3.63) is 11.8 Å². The van der Waals surface area contributed by atoms with E-state index in [0.717, 1.165) is 6.42 Å². The number of hydrogen-bond acceptors (Lipinski definition) is 4. The van der Waals surface area contributed by atoms with E-state index in [2.05, 4.69) is 81.6 Å². The summed E-state index contributed by atoms with van der Waals surface area (Å²) in [6, 6.07) is 0. The second-order valence-electron chi connectivity index (χ2n) is 13.4. The molecule has 30 heavy (non-hydrogen) atoms. The van der Waals surface area contributed by atoms with Gasteiger partial charge in [0, 0.05) is 5.41 Å². The first kappa shape index (κ1) is 26.1. The highest BCUT2D eigenvalue weighted by Crippen LogP contribution is 2.58. The Balaban J connectivity index is 2.35. The van der Waals surface area contributed by atoms with Gasteiger partial charge in [0.25, 0.3) is 0 Å². The van der Waals surface area contributed by atoms with Crippen LogP contribution in [0.15, 0.2) is 11.8 Å². The number of hydrogen-bond donors (Lipinski definition) is 1. The van der Waals surface area contributed by atoms with Crippen molar-refractivity contribution in [3.63, 3.8) is 0 Å². The van der Waals surface area contributed by atoms with Crippen LogP contribution in [0, 0.1) is 11.3 Å². The SMILES string of the molecule is CC1(C)C(O)[C@@]2(C)O[C@H]2C[C@H]1/C(=C/O[Si](C)(C)C(C)(C)C)CO[Si](C)(C)C(C)(C)C. The number of aliphatic hydroxyl groups is 1. The molecule has 4 atom stereocenters. The van der Waals surface area contributed by atoms with E-state index >= 15 is 0 Å². The van der Waals surface area contributed by atoms with Crippen molar-refractivity contribution >= 4 is 16.6 Å². The summed E-state index contributed by atoms with van der Waals surface area (Å²) in [4.78, 5) is 0. The van der Waals surface area contributed by atoms with E-state index in [1.807, 2.05) is 13.2 Å². The molecule has 2 fully saturated rings. The van der Waals surface area contributed by atoms with Crippen LogP contribution in [0.25, 0.3) is 0 Å². The van der Waals surface area contributed by atoms with Crippen LogP contribution in [0.3, 0.4) is 0 Å². The third-order valence-electron chi connectivity index (χ3n) is 8.74. The number of fused-ring (bicyclic) bond motifs is 1.